The molecule has 0 bridgehead atoms. The fourth-order valence-electron chi connectivity index (χ4n) is 1.94. The summed E-state index contributed by atoms with van der Waals surface area (Å²) in [6, 6.07) is 7.88. The molecule has 0 fully saturated rings. The summed E-state index contributed by atoms with van der Waals surface area (Å²) in [7, 11) is 2.91. The van der Waals surface area contributed by atoms with E-state index in [-0.39, 0.29) is 27.7 Å². The molecule has 0 radical (unpaired) electrons. The first-order valence-electron chi connectivity index (χ1n) is 5.99. The second-order valence-corrected chi connectivity index (χ2v) is 5.02. The van der Waals surface area contributed by atoms with Crippen LogP contribution >= 0.6 is 23.2 Å². The Morgan fingerprint density at radius 3 is 2.38 bits per heavy atom. The number of halogens is 2. The molecule has 0 spiro atoms. The van der Waals surface area contributed by atoms with Gasteiger partial charge >= 0.3 is 0 Å². The van der Waals surface area contributed by atoms with Gasteiger partial charge in [0, 0.05) is 11.3 Å². The van der Waals surface area contributed by atoms with Crippen molar-refractivity contribution < 1.29 is 14.3 Å². The van der Waals surface area contributed by atoms with Gasteiger partial charge in [-0.05, 0) is 30.3 Å². The molecule has 0 unspecified atom stereocenters. The van der Waals surface area contributed by atoms with Crippen molar-refractivity contribution in [3.63, 3.8) is 0 Å². The fraction of sp³-hybridized carbons (Fsp3) is 0.133. The summed E-state index contributed by atoms with van der Waals surface area (Å²) in [5.74, 6) is 0.331. The number of benzene rings is 2. The van der Waals surface area contributed by atoms with Crippen LogP contribution in [0, 0.1) is 0 Å². The highest BCUT2D eigenvalue weighted by atomic mass is 35.5. The molecule has 2 aromatic carbocycles. The average molecular weight is 326 g/mol. The molecule has 0 atom stereocenters. The van der Waals surface area contributed by atoms with E-state index in [1.807, 2.05) is 0 Å². The van der Waals surface area contributed by atoms with E-state index < -0.39 is 0 Å². The molecule has 0 saturated carbocycles. The lowest BCUT2D eigenvalue weighted by atomic mass is 10.0. The van der Waals surface area contributed by atoms with Gasteiger partial charge in [0.15, 0.2) is 11.5 Å². The first-order valence-corrected chi connectivity index (χ1v) is 6.75. The van der Waals surface area contributed by atoms with Crippen LogP contribution < -0.4 is 15.2 Å². The van der Waals surface area contributed by atoms with Crippen LogP contribution in [0.25, 0.3) is 0 Å². The average Bonchev–Trinajstić information content (AvgIpc) is 2.48. The topological polar surface area (TPSA) is 61.5 Å². The van der Waals surface area contributed by atoms with Crippen molar-refractivity contribution in [3.05, 3.63) is 51.5 Å². The normalized spacial score (nSPS) is 10.3. The van der Waals surface area contributed by atoms with E-state index in [9.17, 15) is 4.79 Å². The van der Waals surface area contributed by atoms with Crippen LogP contribution in [0.2, 0.25) is 10.0 Å². The van der Waals surface area contributed by atoms with E-state index in [4.69, 9.17) is 38.4 Å². The molecule has 4 nitrogen and oxygen atoms in total. The first kappa shape index (κ1) is 15.5. The third kappa shape index (κ3) is 2.91. The number of carbonyl (C=O) groups excluding carboxylic acids is 1. The molecule has 0 heterocycles. The van der Waals surface area contributed by atoms with Crippen LogP contribution in [0.3, 0.4) is 0 Å². The highest BCUT2D eigenvalue weighted by Crippen LogP contribution is 2.38. The molecule has 6 heteroatoms. The van der Waals surface area contributed by atoms with Gasteiger partial charge in [-0.3, -0.25) is 4.79 Å². The highest BCUT2D eigenvalue weighted by molar-refractivity contribution is 6.36. The number of carbonyl (C=O) groups is 1. The molecule has 21 heavy (non-hydrogen) atoms. The predicted molar refractivity (Wildman–Crippen MR) is 83.9 cm³/mol. The second-order valence-electron chi connectivity index (χ2n) is 4.23. The Hall–Kier alpha value is -1.91. The summed E-state index contributed by atoms with van der Waals surface area (Å²) in [5.41, 5.74) is 6.72. The molecular formula is C15H13Cl2NO3. The maximum atomic E-state index is 12.6. The zero-order valence-corrected chi connectivity index (χ0v) is 13.0. The molecule has 0 amide bonds. The van der Waals surface area contributed by atoms with Gasteiger partial charge in [0.1, 0.15) is 10.8 Å². The second kappa shape index (κ2) is 6.24. The molecule has 0 aliphatic heterocycles. The van der Waals surface area contributed by atoms with E-state index in [0.717, 1.165) is 0 Å². The van der Waals surface area contributed by atoms with Gasteiger partial charge < -0.3 is 15.2 Å². The Balaban J connectivity index is 2.58. The predicted octanol–water partition coefficient (Wildman–Crippen LogP) is 3.82. The van der Waals surface area contributed by atoms with Crippen molar-refractivity contribution in [3.8, 4) is 11.5 Å². The van der Waals surface area contributed by atoms with Crippen LogP contribution in [-0.4, -0.2) is 20.0 Å². The number of ether oxygens (including phenoxy) is 2. The smallest absolute Gasteiger partial charge is 0.198 e. The number of nitrogen functional groups attached to an aromatic ring is 1. The summed E-state index contributed by atoms with van der Waals surface area (Å²) in [6.45, 7) is 0. The molecule has 2 rings (SSSR count). The van der Waals surface area contributed by atoms with Crippen molar-refractivity contribution in [2.75, 3.05) is 20.0 Å². The van der Waals surface area contributed by atoms with Crippen molar-refractivity contribution in [2.24, 2.45) is 0 Å². The van der Waals surface area contributed by atoms with Crippen molar-refractivity contribution in [1.29, 1.82) is 0 Å². The lowest BCUT2D eigenvalue weighted by Gasteiger charge is -2.13. The fourth-order valence-corrected chi connectivity index (χ4v) is 2.46. The quantitative estimate of drug-likeness (QED) is 0.685. The monoisotopic (exact) mass is 325 g/mol. The number of anilines is 1. The maximum Gasteiger partial charge on any atom is 0.198 e. The summed E-state index contributed by atoms with van der Waals surface area (Å²) in [4.78, 5) is 12.6. The molecule has 0 aliphatic carbocycles. The lowest BCUT2D eigenvalue weighted by molar-refractivity contribution is 0.103. The standard InChI is InChI=1S/C15H13Cl2NO3/c1-20-12-6-4-9(15(21-2)13(12)17)14(19)10-7-8(18)3-5-11(10)16/h3-7H,18H2,1-2H3. The summed E-state index contributed by atoms with van der Waals surface area (Å²) < 4.78 is 10.3. The van der Waals surface area contributed by atoms with Crippen LogP contribution in [-0.2, 0) is 0 Å². The minimum absolute atomic E-state index is 0.228. The number of ketones is 1. The molecule has 2 aromatic rings. The van der Waals surface area contributed by atoms with Gasteiger partial charge in [-0.25, -0.2) is 0 Å². The highest BCUT2D eigenvalue weighted by Gasteiger charge is 2.21. The van der Waals surface area contributed by atoms with E-state index in [0.29, 0.717) is 16.5 Å². The number of hydrogen-bond donors (Lipinski definition) is 1. The SMILES string of the molecule is COc1ccc(C(=O)c2cc(N)ccc2Cl)c(OC)c1Cl. The molecule has 0 aliphatic rings. The van der Waals surface area contributed by atoms with Gasteiger partial charge in [-0.1, -0.05) is 23.2 Å². The number of methoxy groups -OCH3 is 2. The van der Waals surface area contributed by atoms with Gasteiger partial charge in [0.05, 0.1) is 24.8 Å². The van der Waals surface area contributed by atoms with Crippen molar-refractivity contribution in [2.45, 2.75) is 0 Å². The lowest BCUT2D eigenvalue weighted by Crippen LogP contribution is -2.06. The first-order chi connectivity index (χ1) is 9.99. The zero-order valence-electron chi connectivity index (χ0n) is 11.4. The Morgan fingerprint density at radius 2 is 1.76 bits per heavy atom. The molecule has 0 saturated heterocycles. The summed E-state index contributed by atoms with van der Waals surface area (Å²) in [5, 5.41) is 0.536. The minimum Gasteiger partial charge on any atom is -0.495 e. The molecule has 2 N–H and O–H groups in total. The largest absolute Gasteiger partial charge is 0.495 e. The molecule has 0 aromatic heterocycles. The number of rotatable bonds is 4. The van der Waals surface area contributed by atoms with E-state index in [1.54, 1.807) is 24.3 Å². The van der Waals surface area contributed by atoms with Crippen molar-refractivity contribution >= 4 is 34.7 Å². The summed E-state index contributed by atoms with van der Waals surface area (Å²) >= 11 is 12.2. The van der Waals surface area contributed by atoms with Gasteiger partial charge in [-0.2, -0.15) is 0 Å². The van der Waals surface area contributed by atoms with Crippen LogP contribution in [0.5, 0.6) is 11.5 Å². The van der Waals surface area contributed by atoms with Crippen molar-refractivity contribution in [1.82, 2.24) is 0 Å². The number of nitrogens with two attached hydrogens (primary N) is 1. The Kier molecular flexibility index (Phi) is 4.60. The van der Waals surface area contributed by atoms with Crippen LogP contribution in [0.1, 0.15) is 15.9 Å². The molecular weight excluding hydrogens is 313 g/mol. The Morgan fingerprint density at radius 1 is 1.05 bits per heavy atom. The van der Waals surface area contributed by atoms with Gasteiger partial charge in [-0.15, -0.1) is 0 Å². The van der Waals surface area contributed by atoms with Crippen LogP contribution in [0.15, 0.2) is 30.3 Å². The van der Waals surface area contributed by atoms with E-state index in [2.05, 4.69) is 0 Å². The van der Waals surface area contributed by atoms with E-state index in [1.165, 1.54) is 20.3 Å². The minimum atomic E-state index is -0.325. The maximum absolute atomic E-state index is 12.6. The number of hydrogen-bond acceptors (Lipinski definition) is 4. The Bertz CT molecular complexity index is 702. The van der Waals surface area contributed by atoms with E-state index >= 15 is 0 Å². The summed E-state index contributed by atoms with van der Waals surface area (Å²) in [6.07, 6.45) is 0. The third-order valence-electron chi connectivity index (χ3n) is 2.97. The van der Waals surface area contributed by atoms with Crippen LogP contribution in [0.4, 0.5) is 5.69 Å². The van der Waals surface area contributed by atoms with Gasteiger partial charge in [0.25, 0.3) is 0 Å². The van der Waals surface area contributed by atoms with Gasteiger partial charge in [0.2, 0.25) is 0 Å². The zero-order chi connectivity index (χ0) is 15.6. The third-order valence-corrected chi connectivity index (χ3v) is 3.65. The molecule has 110 valence electrons. The Labute approximate surface area is 132 Å².